The first-order valence-electron chi connectivity index (χ1n) is 15.5. The molecule has 44 heavy (non-hydrogen) atoms. The van der Waals surface area contributed by atoms with Gasteiger partial charge in [-0.05, 0) is 90.6 Å². The van der Waals surface area contributed by atoms with Gasteiger partial charge in [-0.1, -0.05) is 18.2 Å². The lowest BCUT2D eigenvalue weighted by atomic mass is 9.78. The number of hydrogen-bond donors (Lipinski definition) is 0. The number of fused-ring (bicyclic) bond motifs is 5. The average Bonchev–Trinajstić information content (AvgIpc) is 3.51. The molecular formula is C34H41B2NO7. The minimum Gasteiger partial charge on any atom is -0.501 e. The van der Waals surface area contributed by atoms with Gasteiger partial charge in [-0.2, -0.15) is 0 Å². The summed E-state index contributed by atoms with van der Waals surface area (Å²) in [5.41, 5.74) is 3.10. The van der Waals surface area contributed by atoms with E-state index in [0.29, 0.717) is 18.6 Å². The zero-order chi connectivity index (χ0) is 31.4. The van der Waals surface area contributed by atoms with Crippen molar-refractivity contribution in [3.63, 3.8) is 0 Å². The Morgan fingerprint density at radius 3 is 1.93 bits per heavy atom. The minimum absolute atomic E-state index is 0.0412. The first-order valence-corrected chi connectivity index (χ1v) is 15.5. The number of carbonyl (C=O) groups excluding carboxylic acids is 1. The van der Waals surface area contributed by atoms with E-state index in [-0.39, 0.29) is 11.7 Å². The quantitative estimate of drug-likeness (QED) is 0.378. The molecular weight excluding hydrogens is 556 g/mol. The predicted octanol–water partition coefficient (Wildman–Crippen LogP) is 5.31. The lowest BCUT2D eigenvalue weighted by Gasteiger charge is -2.36. The van der Waals surface area contributed by atoms with Gasteiger partial charge in [-0.3, -0.25) is 4.79 Å². The Kier molecular flexibility index (Phi) is 6.56. The number of rotatable bonds is 4. The fraction of sp³-hybridized carbons (Fsp3) is 0.500. The maximum absolute atomic E-state index is 12.8. The summed E-state index contributed by atoms with van der Waals surface area (Å²) in [6, 6.07) is 14.7. The number of carbonyl (C=O) groups is 1. The Morgan fingerprint density at radius 2 is 1.34 bits per heavy atom. The van der Waals surface area contributed by atoms with Gasteiger partial charge in [0.15, 0.2) is 12.0 Å². The standard InChI is InChI=1S/C34H41B2NO7/c1-31(2)32(3,4)42-35(41-31)22-11-13-27-20(14-22)17-28-26-12-10-23(36-43-33(5,6)34(7,8)44-36)18-29(26)40-30(37(27)28)21-15-24(38)19-25(16-21)39-9/h10-14,17-19,21,30H,15-16H2,1-9H3. The number of allylic oxidation sites excluding steroid dienone is 2. The molecule has 1 aliphatic carbocycles. The number of hydrogen-bond acceptors (Lipinski definition) is 7. The maximum Gasteiger partial charge on any atom is 0.494 e. The molecule has 1 aromatic heterocycles. The summed E-state index contributed by atoms with van der Waals surface area (Å²) in [5, 5.41) is 1.05. The molecule has 2 aromatic carbocycles. The Bertz CT molecular complexity index is 1670. The summed E-state index contributed by atoms with van der Waals surface area (Å²) in [7, 11) is 0.638. The highest BCUT2D eigenvalue weighted by molar-refractivity contribution is 6.62. The third-order valence-electron chi connectivity index (χ3n) is 10.6. The SMILES string of the molecule is COC1=CC(=O)CC(C2Oc3cc(B4OC(C)(C)C(C)(C)O4)ccc3-c3cc4cc(B5OC(C)(C)C(C)(C)O5)ccc4n32)C1. The van der Waals surface area contributed by atoms with Crippen LogP contribution in [0.1, 0.15) is 74.5 Å². The fourth-order valence-corrected chi connectivity index (χ4v) is 6.56. The molecule has 4 aliphatic rings. The molecule has 0 radical (unpaired) electrons. The van der Waals surface area contributed by atoms with Crippen molar-refractivity contribution in [1.29, 1.82) is 0 Å². The van der Waals surface area contributed by atoms with Gasteiger partial charge in [0.25, 0.3) is 0 Å². The summed E-state index contributed by atoms with van der Waals surface area (Å²) in [4.78, 5) is 12.8. The number of aromatic nitrogens is 1. The Morgan fingerprint density at radius 1 is 0.773 bits per heavy atom. The number of ketones is 1. The summed E-state index contributed by atoms with van der Waals surface area (Å²) in [6.45, 7) is 16.5. The molecule has 4 heterocycles. The van der Waals surface area contributed by atoms with E-state index in [1.54, 1.807) is 13.2 Å². The van der Waals surface area contributed by atoms with Crippen LogP contribution in [-0.2, 0) is 28.1 Å². The lowest BCUT2D eigenvalue weighted by molar-refractivity contribution is -0.118. The molecule has 0 bridgehead atoms. The van der Waals surface area contributed by atoms with Crippen molar-refractivity contribution in [2.75, 3.05) is 7.11 Å². The van der Waals surface area contributed by atoms with Crippen LogP contribution in [0.2, 0.25) is 0 Å². The van der Waals surface area contributed by atoms with Crippen LogP contribution in [0.15, 0.2) is 54.3 Å². The van der Waals surface area contributed by atoms with Crippen LogP contribution in [0.3, 0.4) is 0 Å². The summed E-state index contributed by atoms with van der Waals surface area (Å²) in [6.07, 6.45) is 2.16. The summed E-state index contributed by atoms with van der Waals surface area (Å²) >= 11 is 0. The molecule has 3 aromatic rings. The van der Waals surface area contributed by atoms with Crippen molar-refractivity contribution in [2.24, 2.45) is 5.92 Å². The van der Waals surface area contributed by atoms with Crippen molar-refractivity contribution >= 4 is 41.8 Å². The topological polar surface area (TPSA) is 77.4 Å². The second kappa shape index (κ2) is 9.73. The number of ether oxygens (including phenoxy) is 2. The van der Waals surface area contributed by atoms with Crippen LogP contribution < -0.4 is 15.7 Å². The third kappa shape index (κ3) is 4.56. The van der Waals surface area contributed by atoms with Crippen molar-refractivity contribution in [2.45, 2.75) is 96.9 Å². The summed E-state index contributed by atoms with van der Waals surface area (Å²) in [5.74, 6) is 1.34. The van der Waals surface area contributed by atoms with Crippen LogP contribution in [0.4, 0.5) is 0 Å². The molecule has 0 N–H and O–H groups in total. The van der Waals surface area contributed by atoms with Crippen LogP contribution in [0, 0.1) is 5.92 Å². The first-order chi connectivity index (χ1) is 20.6. The molecule has 3 aliphatic heterocycles. The van der Waals surface area contributed by atoms with Crippen LogP contribution in [0.5, 0.6) is 5.75 Å². The lowest BCUT2D eigenvalue weighted by Crippen LogP contribution is -2.41. The van der Waals surface area contributed by atoms with Gasteiger partial charge in [-0.15, -0.1) is 0 Å². The van der Waals surface area contributed by atoms with E-state index in [0.717, 1.165) is 38.8 Å². The van der Waals surface area contributed by atoms with E-state index < -0.39 is 42.9 Å². The largest absolute Gasteiger partial charge is 0.501 e. The van der Waals surface area contributed by atoms with Crippen molar-refractivity contribution in [1.82, 2.24) is 4.57 Å². The summed E-state index contributed by atoms with van der Waals surface area (Å²) < 4.78 is 40.1. The van der Waals surface area contributed by atoms with Gasteiger partial charge in [0.05, 0.1) is 46.5 Å². The molecule has 10 heteroatoms. The van der Waals surface area contributed by atoms with Crippen molar-refractivity contribution in [3.8, 4) is 17.0 Å². The Hall–Kier alpha value is -3.04. The second-order valence-electron chi connectivity index (χ2n) is 14.6. The highest BCUT2D eigenvalue weighted by Crippen LogP contribution is 2.47. The number of nitrogens with zero attached hydrogens (tertiary/aromatic N) is 1. The van der Waals surface area contributed by atoms with E-state index in [9.17, 15) is 4.79 Å². The molecule has 230 valence electrons. The third-order valence-corrected chi connectivity index (χ3v) is 10.6. The minimum atomic E-state index is -0.512. The van der Waals surface area contributed by atoms with Crippen LogP contribution in [0.25, 0.3) is 22.2 Å². The Labute approximate surface area is 260 Å². The van der Waals surface area contributed by atoms with Crippen LogP contribution >= 0.6 is 0 Å². The number of methoxy groups -OCH3 is 1. The maximum atomic E-state index is 12.8. The van der Waals surface area contributed by atoms with Crippen molar-refractivity contribution in [3.05, 3.63) is 54.3 Å². The average molecular weight is 597 g/mol. The second-order valence-corrected chi connectivity index (χ2v) is 14.6. The van der Waals surface area contributed by atoms with Gasteiger partial charge in [-0.25, -0.2) is 0 Å². The molecule has 2 unspecified atom stereocenters. The van der Waals surface area contributed by atoms with Crippen LogP contribution in [-0.4, -0.2) is 54.1 Å². The smallest absolute Gasteiger partial charge is 0.494 e. The molecule has 2 atom stereocenters. The van der Waals surface area contributed by atoms with Gasteiger partial charge in [0, 0.05) is 35.8 Å². The predicted molar refractivity (Wildman–Crippen MR) is 171 cm³/mol. The molecule has 0 saturated carbocycles. The molecule has 2 fully saturated rings. The molecule has 0 amide bonds. The van der Waals surface area contributed by atoms with Gasteiger partial charge in [0.1, 0.15) is 5.75 Å². The molecule has 0 spiro atoms. The normalized spacial score (nSPS) is 26.3. The van der Waals surface area contributed by atoms with Gasteiger partial charge in [0.2, 0.25) is 0 Å². The molecule has 2 saturated heterocycles. The van der Waals surface area contributed by atoms with Gasteiger partial charge >= 0.3 is 14.2 Å². The number of benzene rings is 2. The van der Waals surface area contributed by atoms with Crippen molar-refractivity contribution < 1.29 is 32.9 Å². The van der Waals surface area contributed by atoms with E-state index in [1.165, 1.54) is 0 Å². The highest BCUT2D eigenvalue weighted by Gasteiger charge is 2.53. The zero-order valence-electron chi connectivity index (χ0n) is 27.1. The van der Waals surface area contributed by atoms with Gasteiger partial charge < -0.3 is 32.7 Å². The van der Waals surface area contributed by atoms with E-state index >= 15 is 0 Å². The Balaban J connectivity index is 1.32. The van der Waals surface area contributed by atoms with E-state index in [2.05, 4.69) is 96.4 Å². The fourth-order valence-electron chi connectivity index (χ4n) is 6.56. The molecule has 8 nitrogen and oxygen atoms in total. The van der Waals surface area contributed by atoms with E-state index in [1.807, 2.05) is 6.07 Å². The van der Waals surface area contributed by atoms with E-state index in [4.69, 9.17) is 28.1 Å². The highest BCUT2D eigenvalue weighted by atomic mass is 16.7. The molecule has 7 rings (SSSR count). The zero-order valence-corrected chi connectivity index (χ0v) is 27.1. The first kappa shape index (κ1) is 29.7. The monoisotopic (exact) mass is 597 g/mol.